The van der Waals surface area contributed by atoms with E-state index in [1.807, 2.05) is 48.7 Å². The molecule has 2 fully saturated rings. The van der Waals surface area contributed by atoms with Crippen molar-refractivity contribution in [2.45, 2.75) is 79.7 Å². The molecule has 1 amide bonds. The monoisotopic (exact) mass is 672 g/mol. The topological polar surface area (TPSA) is 153 Å². The highest BCUT2D eigenvalue weighted by Gasteiger charge is 2.48. The molecular formula is C34H41ClN2O8S. The normalized spacial score (nSPS) is 18.0. The molecule has 0 spiro atoms. The molecule has 4 atom stereocenters. The van der Waals surface area contributed by atoms with Crippen LogP contribution >= 0.6 is 23.4 Å². The first-order valence-corrected chi connectivity index (χ1v) is 16.8. The molecule has 4 unspecified atom stereocenters. The van der Waals surface area contributed by atoms with E-state index in [2.05, 4.69) is 11.1 Å². The van der Waals surface area contributed by atoms with E-state index in [1.54, 1.807) is 6.20 Å². The van der Waals surface area contributed by atoms with Crippen molar-refractivity contribution in [1.29, 1.82) is 0 Å². The van der Waals surface area contributed by atoms with Crippen LogP contribution in [0.1, 0.15) is 43.2 Å². The maximum absolute atomic E-state index is 12.6. The molecule has 248 valence electrons. The van der Waals surface area contributed by atoms with E-state index >= 15 is 0 Å². The number of thioether (sulfide) groups is 1. The molecule has 2 aliphatic carbocycles. The minimum Gasteiger partial charge on any atom is -0.490 e. The number of rotatable bonds is 17. The van der Waals surface area contributed by atoms with Gasteiger partial charge in [0, 0.05) is 59.2 Å². The van der Waals surface area contributed by atoms with Crippen LogP contribution in [0.3, 0.4) is 0 Å². The second-order valence-electron chi connectivity index (χ2n) is 11.9. The summed E-state index contributed by atoms with van der Waals surface area (Å²) in [5.41, 5.74) is 3.48. The maximum Gasteiger partial charge on any atom is 0.223 e. The van der Waals surface area contributed by atoms with Gasteiger partial charge in [-0.1, -0.05) is 29.8 Å². The third-order valence-electron chi connectivity index (χ3n) is 8.33. The molecule has 5 N–H and O–H groups in total. The first-order chi connectivity index (χ1) is 22.1. The number of carbonyl (C=O) groups is 1. The van der Waals surface area contributed by atoms with Gasteiger partial charge in [-0.25, -0.2) is 0 Å². The Balaban J connectivity index is 1.17. The molecule has 0 radical (unpaired) electrons. The molecular weight excluding hydrogens is 632 g/mol. The number of aliphatic hydroxyl groups is 5. The van der Waals surface area contributed by atoms with Gasteiger partial charge in [-0.05, 0) is 67.1 Å². The average Bonchev–Trinajstić information content (AvgIpc) is 4.01. The van der Waals surface area contributed by atoms with Gasteiger partial charge in [-0.15, -0.1) is 11.8 Å². The van der Waals surface area contributed by atoms with Crippen LogP contribution < -0.4 is 4.74 Å². The number of hydrogen-bond acceptors (Lipinski definition) is 10. The van der Waals surface area contributed by atoms with E-state index in [0.717, 1.165) is 58.6 Å². The van der Waals surface area contributed by atoms with Gasteiger partial charge in [0.1, 0.15) is 30.2 Å². The van der Waals surface area contributed by atoms with Crippen LogP contribution in [0, 0.1) is 0 Å². The van der Waals surface area contributed by atoms with Crippen molar-refractivity contribution in [3.8, 4) is 16.9 Å². The highest BCUT2D eigenvalue weighted by atomic mass is 35.5. The van der Waals surface area contributed by atoms with Crippen LogP contribution in [0.4, 0.5) is 0 Å². The Morgan fingerprint density at radius 3 is 2.52 bits per heavy atom. The second kappa shape index (κ2) is 15.4. The number of amides is 1. The summed E-state index contributed by atoms with van der Waals surface area (Å²) in [7, 11) is 1.48. The van der Waals surface area contributed by atoms with Gasteiger partial charge in [0.05, 0.1) is 24.9 Å². The van der Waals surface area contributed by atoms with Gasteiger partial charge in [0.25, 0.3) is 0 Å². The van der Waals surface area contributed by atoms with Gasteiger partial charge in [0.15, 0.2) is 0 Å². The van der Waals surface area contributed by atoms with Gasteiger partial charge >= 0.3 is 0 Å². The Bertz CT molecular complexity index is 1490. The summed E-state index contributed by atoms with van der Waals surface area (Å²) in [5.74, 6) is 1.07. The van der Waals surface area contributed by atoms with Crippen LogP contribution in [-0.2, 0) is 21.7 Å². The van der Waals surface area contributed by atoms with Crippen molar-refractivity contribution in [2.24, 2.45) is 0 Å². The van der Waals surface area contributed by atoms with Gasteiger partial charge in [-0.3, -0.25) is 9.78 Å². The fourth-order valence-electron chi connectivity index (χ4n) is 5.22. The van der Waals surface area contributed by atoms with Crippen molar-refractivity contribution < 1.29 is 39.8 Å². The number of halogens is 1. The molecule has 12 heteroatoms. The lowest BCUT2D eigenvalue weighted by Crippen LogP contribution is -2.50. The number of carbonyl (C=O) groups excluding carboxylic acids is 1. The Morgan fingerprint density at radius 1 is 1.07 bits per heavy atom. The fourth-order valence-corrected chi connectivity index (χ4v) is 6.30. The van der Waals surface area contributed by atoms with Crippen molar-refractivity contribution in [1.82, 2.24) is 9.88 Å². The van der Waals surface area contributed by atoms with E-state index in [9.17, 15) is 25.2 Å². The second-order valence-corrected chi connectivity index (χ2v) is 13.5. The zero-order valence-corrected chi connectivity index (χ0v) is 27.2. The number of likely N-dealkylation sites (N-methyl/N-ethyl adjacent to an activating group) is 1. The number of aromatic nitrogens is 1. The lowest BCUT2D eigenvalue weighted by atomic mass is 9.96. The lowest BCUT2D eigenvalue weighted by molar-refractivity contribution is -0.137. The van der Waals surface area contributed by atoms with E-state index in [1.165, 1.54) is 23.7 Å². The molecule has 2 saturated carbocycles. The number of ether oxygens (including phenoxy) is 2. The molecule has 3 aromatic rings. The molecule has 5 rings (SSSR count). The molecule has 2 aromatic carbocycles. The van der Waals surface area contributed by atoms with E-state index in [0.29, 0.717) is 17.4 Å². The number of aliphatic hydroxyl groups excluding tert-OH is 5. The third-order valence-corrected chi connectivity index (χ3v) is 9.69. The summed E-state index contributed by atoms with van der Waals surface area (Å²) in [4.78, 5) is 19.3. The van der Waals surface area contributed by atoms with E-state index in [4.69, 9.17) is 26.2 Å². The van der Waals surface area contributed by atoms with Crippen LogP contribution in [0.2, 0.25) is 5.02 Å². The molecule has 0 bridgehead atoms. The zero-order valence-electron chi connectivity index (χ0n) is 25.7. The largest absolute Gasteiger partial charge is 0.490 e. The van der Waals surface area contributed by atoms with Crippen molar-refractivity contribution in [3.63, 3.8) is 0 Å². The predicted octanol–water partition coefficient (Wildman–Crippen LogP) is 3.53. The number of benzene rings is 2. The quantitative estimate of drug-likeness (QED) is 0.135. The van der Waals surface area contributed by atoms with Crippen LogP contribution in [0.15, 0.2) is 65.8 Å². The van der Waals surface area contributed by atoms with Crippen molar-refractivity contribution in [2.75, 3.05) is 26.0 Å². The standard InChI is InChI=1S/C34H41ClN2O8S/c1-37(18-28(39)32(42)33(43)29(40)19-38)31(41)11-15-46-23-8-9-27(35)21(16-23)20-44-34(12-13-34)26-17-36-14-10-24(26)25-4-2-3-5-30(25)45-22-6-7-22/h2-5,8-10,14,16-17,22,28-29,32-33,38-40,42-43H,6-7,11-13,15,18-20H2,1H3. The molecule has 1 aromatic heterocycles. The smallest absolute Gasteiger partial charge is 0.223 e. The van der Waals surface area contributed by atoms with E-state index < -0.39 is 36.6 Å². The third kappa shape index (κ3) is 8.59. The van der Waals surface area contributed by atoms with Crippen molar-refractivity contribution >= 4 is 29.3 Å². The molecule has 0 saturated heterocycles. The summed E-state index contributed by atoms with van der Waals surface area (Å²) in [6.45, 7) is -0.713. The Morgan fingerprint density at radius 2 is 1.80 bits per heavy atom. The maximum atomic E-state index is 12.6. The SMILES string of the molecule is CN(CC(O)C(O)C(O)C(O)CO)C(=O)CCSc1ccc(Cl)c(COC2(c3cnccc3-c3ccccc3OC3CC3)CC2)c1. The lowest BCUT2D eigenvalue weighted by Gasteiger charge is -2.28. The molecule has 2 aliphatic rings. The highest BCUT2D eigenvalue weighted by Crippen LogP contribution is 2.53. The minimum absolute atomic E-state index is 0.166. The summed E-state index contributed by atoms with van der Waals surface area (Å²) in [5, 5.41) is 49.0. The van der Waals surface area contributed by atoms with Crippen LogP contribution in [0.5, 0.6) is 5.75 Å². The van der Waals surface area contributed by atoms with Crippen molar-refractivity contribution in [3.05, 3.63) is 77.1 Å². The van der Waals surface area contributed by atoms with Gasteiger partial charge in [0.2, 0.25) is 5.91 Å². The Hall–Kier alpha value is -2.74. The average molecular weight is 673 g/mol. The van der Waals surface area contributed by atoms with Crippen LogP contribution in [0.25, 0.3) is 11.1 Å². The molecule has 1 heterocycles. The minimum atomic E-state index is -1.74. The number of pyridine rings is 1. The first kappa shape index (κ1) is 34.6. The first-order valence-electron chi connectivity index (χ1n) is 15.4. The summed E-state index contributed by atoms with van der Waals surface area (Å²) >= 11 is 8.06. The number of para-hydroxylation sites is 1. The fraction of sp³-hybridized carbons (Fsp3) is 0.471. The Labute approximate surface area is 278 Å². The van der Waals surface area contributed by atoms with Gasteiger partial charge < -0.3 is 39.9 Å². The predicted molar refractivity (Wildman–Crippen MR) is 175 cm³/mol. The highest BCUT2D eigenvalue weighted by molar-refractivity contribution is 7.99. The van der Waals surface area contributed by atoms with Gasteiger partial charge in [-0.2, -0.15) is 0 Å². The summed E-state index contributed by atoms with van der Waals surface area (Å²) in [6, 6.07) is 15.8. The van der Waals surface area contributed by atoms with E-state index in [-0.39, 0.29) is 25.0 Å². The Kier molecular flexibility index (Phi) is 11.6. The molecule has 10 nitrogen and oxygen atoms in total. The summed E-state index contributed by atoms with van der Waals surface area (Å²) in [6.07, 6.45) is 1.45. The number of hydrogen-bond donors (Lipinski definition) is 5. The molecule has 46 heavy (non-hydrogen) atoms. The molecule has 0 aliphatic heterocycles. The zero-order chi connectivity index (χ0) is 32.8. The van der Waals surface area contributed by atoms with Crippen LogP contribution in [-0.4, -0.2) is 97.8 Å². The number of nitrogens with zero attached hydrogens (tertiary/aromatic N) is 2. The summed E-state index contributed by atoms with van der Waals surface area (Å²) < 4.78 is 12.8.